The molecule has 0 amide bonds. The van der Waals surface area contributed by atoms with Crippen molar-refractivity contribution in [1.29, 1.82) is 0 Å². The molecule has 4 nitrogen and oxygen atoms in total. The van der Waals surface area contributed by atoms with E-state index in [4.69, 9.17) is 9.47 Å². The molecule has 0 radical (unpaired) electrons. The molecule has 3 rings (SSSR count). The maximum absolute atomic E-state index is 12.3. The highest BCUT2D eigenvalue weighted by atomic mass is 16.5. The first-order valence-electron chi connectivity index (χ1n) is 9.63. The molecular formula is C26H22O4. The van der Waals surface area contributed by atoms with Crippen LogP contribution in [0.5, 0.6) is 5.75 Å². The molecular weight excluding hydrogens is 376 g/mol. The molecule has 0 unspecified atom stereocenters. The van der Waals surface area contributed by atoms with E-state index in [0.29, 0.717) is 16.9 Å². The van der Waals surface area contributed by atoms with Crippen LogP contribution in [0.4, 0.5) is 0 Å². The number of rotatable bonds is 5. The molecule has 0 atom stereocenters. The van der Waals surface area contributed by atoms with Crippen molar-refractivity contribution < 1.29 is 19.1 Å². The number of benzene rings is 3. The summed E-state index contributed by atoms with van der Waals surface area (Å²) >= 11 is 0. The molecule has 0 saturated carbocycles. The van der Waals surface area contributed by atoms with E-state index in [9.17, 15) is 9.59 Å². The number of carbonyl (C=O) groups excluding carboxylic acids is 2. The number of ether oxygens (including phenoxy) is 2. The maximum atomic E-state index is 12.3. The smallest absolute Gasteiger partial charge is 0.343 e. The topological polar surface area (TPSA) is 52.6 Å². The number of hydrogen-bond acceptors (Lipinski definition) is 4. The average Bonchev–Trinajstić information content (AvgIpc) is 2.75. The Morgan fingerprint density at radius 3 is 1.77 bits per heavy atom. The van der Waals surface area contributed by atoms with Gasteiger partial charge in [0.15, 0.2) is 0 Å². The van der Waals surface area contributed by atoms with E-state index < -0.39 is 5.97 Å². The second-order valence-corrected chi connectivity index (χ2v) is 6.90. The summed E-state index contributed by atoms with van der Waals surface area (Å²) in [4.78, 5) is 24.3. The minimum atomic E-state index is -0.424. The molecule has 0 aliphatic rings. The molecule has 0 aromatic heterocycles. The van der Waals surface area contributed by atoms with E-state index in [-0.39, 0.29) is 12.1 Å². The Kier molecular flexibility index (Phi) is 6.67. The lowest BCUT2D eigenvalue weighted by Crippen LogP contribution is -2.11. The predicted molar refractivity (Wildman–Crippen MR) is 116 cm³/mol. The van der Waals surface area contributed by atoms with Crippen LogP contribution >= 0.6 is 0 Å². The first-order chi connectivity index (χ1) is 14.5. The molecule has 0 spiro atoms. The van der Waals surface area contributed by atoms with Crippen LogP contribution in [-0.2, 0) is 4.74 Å². The summed E-state index contributed by atoms with van der Waals surface area (Å²) in [6.07, 6.45) is -0.157. The van der Waals surface area contributed by atoms with Crippen molar-refractivity contribution >= 4 is 11.9 Å². The molecule has 0 saturated heterocycles. The zero-order chi connectivity index (χ0) is 21.5. The first kappa shape index (κ1) is 20.9. The highest BCUT2D eigenvalue weighted by Crippen LogP contribution is 2.24. The lowest BCUT2D eigenvalue weighted by molar-refractivity contribution is 0.0377. The van der Waals surface area contributed by atoms with Crippen LogP contribution < -0.4 is 4.74 Å². The summed E-state index contributed by atoms with van der Waals surface area (Å²) in [5.74, 6) is 5.45. The van der Waals surface area contributed by atoms with Crippen LogP contribution in [0.1, 0.15) is 47.1 Å². The van der Waals surface area contributed by atoms with Gasteiger partial charge in [0.2, 0.25) is 0 Å². The average molecular weight is 398 g/mol. The standard InChI is InChI=1S/C26H22O4/c1-4-5-19-6-8-22(9-7-19)26(28)30-24-16-14-21(15-17-24)20-10-12-23(13-11-20)25(27)29-18(2)3/h6-18H,1-3H3. The van der Waals surface area contributed by atoms with E-state index in [1.54, 1.807) is 55.5 Å². The third-order valence-corrected chi connectivity index (χ3v) is 4.25. The first-order valence-corrected chi connectivity index (χ1v) is 9.63. The second kappa shape index (κ2) is 9.58. The SMILES string of the molecule is CC#Cc1ccc(C(=O)Oc2ccc(-c3ccc(C(=O)OC(C)C)cc3)cc2)cc1. The Morgan fingerprint density at radius 2 is 1.23 bits per heavy atom. The maximum Gasteiger partial charge on any atom is 0.343 e. The molecule has 30 heavy (non-hydrogen) atoms. The monoisotopic (exact) mass is 398 g/mol. The Hall–Kier alpha value is -3.84. The molecule has 0 N–H and O–H groups in total. The van der Waals surface area contributed by atoms with E-state index >= 15 is 0 Å². The summed E-state index contributed by atoms with van der Waals surface area (Å²) < 4.78 is 10.6. The quantitative estimate of drug-likeness (QED) is 0.323. The predicted octanol–water partition coefficient (Wildman–Crippen LogP) is 5.51. The summed E-state index contributed by atoms with van der Waals surface area (Å²) in [7, 11) is 0. The largest absolute Gasteiger partial charge is 0.459 e. The van der Waals surface area contributed by atoms with Gasteiger partial charge >= 0.3 is 11.9 Å². The van der Waals surface area contributed by atoms with Crippen LogP contribution in [-0.4, -0.2) is 18.0 Å². The van der Waals surface area contributed by atoms with Crippen LogP contribution in [0.3, 0.4) is 0 Å². The van der Waals surface area contributed by atoms with Gasteiger partial charge in [-0.15, -0.1) is 5.92 Å². The molecule has 0 aliphatic heterocycles. The third kappa shape index (κ3) is 5.36. The van der Waals surface area contributed by atoms with Crippen molar-refractivity contribution in [3.05, 3.63) is 89.5 Å². The van der Waals surface area contributed by atoms with Gasteiger partial charge in [0, 0.05) is 5.56 Å². The molecule has 0 heterocycles. The summed E-state index contributed by atoms with van der Waals surface area (Å²) in [6.45, 7) is 5.40. The Balaban J connectivity index is 1.66. The second-order valence-electron chi connectivity index (χ2n) is 6.90. The molecule has 4 heteroatoms. The van der Waals surface area contributed by atoms with Gasteiger partial charge in [-0.1, -0.05) is 30.2 Å². The summed E-state index contributed by atoms with van der Waals surface area (Å²) in [5.41, 5.74) is 3.71. The van der Waals surface area contributed by atoms with Crippen molar-refractivity contribution in [3.63, 3.8) is 0 Å². The fraction of sp³-hybridized carbons (Fsp3) is 0.154. The van der Waals surface area contributed by atoms with Gasteiger partial charge in [-0.05, 0) is 80.4 Å². The third-order valence-electron chi connectivity index (χ3n) is 4.25. The number of hydrogen-bond donors (Lipinski definition) is 0. The van der Waals surface area contributed by atoms with Crippen LogP contribution in [0.15, 0.2) is 72.8 Å². The highest BCUT2D eigenvalue weighted by molar-refractivity contribution is 5.91. The van der Waals surface area contributed by atoms with Gasteiger partial charge < -0.3 is 9.47 Å². The van der Waals surface area contributed by atoms with E-state index in [2.05, 4.69) is 11.8 Å². The van der Waals surface area contributed by atoms with Crippen LogP contribution in [0, 0.1) is 11.8 Å². The number of esters is 2. The van der Waals surface area contributed by atoms with Crippen molar-refractivity contribution in [2.75, 3.05) is 0 Å². The Labute approximate surface area is 176 Å². The Bertz CT molecular complexity index is 1080. The Morgan fingerprint density at radius 1 is 0.733 bits per heavy atom. The molecule has 3 aromatic rings. The highest BCUT2D eigenvalue weighted by Gasteiger charge is 2.10. The van der Waals surface area contributed by atoms with E-state index in [0.717, 1.165) is 16.7 Å². The fourth-order valence-corrected chi connectivity index (χ4v) is 2.80. The summed E-state index contributed by atoms with van der Waals surface area (Å²) in [6, 6.07) is 21.4. The van der Waals surface area contributed by atoms with Crippen molar-refractivity contribution in [2.45, 2.75) is 26.9 Å². The van der Waals surface area contributed by atoms with Crippen LogP contribution in [0.2, 0.25) is 0 Å². The summed E-state index contributed by atoms with van der Waals surface area (Å²) in [5, 5.41) is 0. The van der Waals surface area contributed by atoms with Crippen molar-refractivity contribution in [3.8, 4) is 28.7 Å². The van der Waals surface area contributed by atoms with Gasteiger partial charge in [-0.3, -0.25) is 0 Å². The number of carbonyl (C=O) groups is 2. The fourth-order valence-electron chi connectivity index (χ4n) is 2.80. The molecule has 0 bridgehead atoms. The van der Waals surface area contributed by atoms with Crippen LogP contribution in [0.25, 0.3) is 11.1 Å². The van der Waals surface area contributed by atoms with Gasteiger partial charge in [-0.25, -0.2) is 9.59 Å². The molecule has 0 fully saturated rings. The molecule has 3 aromatic carbocycles. The van der Waals surface area contributed by atoms with Gasteiger partial charge in [0.25, 0.3) is 0 Å². The van der Waals surface area contributed by atoms with E-state index in [1.807, 2.05) is 38.1 Å². The molecule has 0 aliphatic carbocycles. The van der Waals surface area contributed by atoms with Crippen molar-refractivity contribution in [1.82, 2.24) is 0 Å². The zero-order valence-corrected chi connectivity index (χ0v) is 17.1. The molecule has 150 valence electrons. The lowest BCUT2D eigenvalue weighted by atomic mass is 10.0. The van der Waals surface area contributed by atoms with Crippen molar-refractivity contribution in [2.24, 2.45) is 0 Å². The lowest BCUT2D eigenvalue weighted by Gasteiger charge is -2.09. The zero-order valence-electron chi connectivity index (χ0n) is 17.1. The normalized spacial score (nSPS) is 10.1. The van der Waals surface area contributed by atoms with Gasteiger partial charge in [0.05, 0.1) is 17.2 Å². The van der Waals surface area contributed by atoms with Gasteiger partial charge in [0.1, 0.15) is 5.75 Å². The van der Waals surface area contributed by atoms with Gasteiger partial charge in [-0.2, -0.15) is 0 Å². The minimum absolute atomic E-state index is 0.157. The van der Waals surface area contributed by atoms with E-state index in [1.165, 1.54) is 0 Å². The minimum Gasteiger partial charge on any atom is -0.459 e.